The molecule has 110 valence electrons. The molecule has 0 aromatic rings. The zero-order chi connectivity index (χ0) is 13.3. The molecule has 3 nitrogen and oxygen atoms in total. The Morgan fingerprint density at radius 1 is 1.11 bits per heavy atom. The van der Waals surface area contributed by atoms with Gasteiger partial charge in [0, 0.05) is 29.6 Å². The van der Waals surface area contributed by atoms with Crippen molar-refractivity contribution in [2.75, 3.05) is 42.8 Å². The van der Waals surface area contributed by atoms with Crippen LogP contribution < -0.4 is 0 Å². The van der Waals surface area contributed by atoms with Crippen LogP contribution in [0.3, 0.4) is 0 Å². The van der Waals surface area contributed by atoms with Gasteiger partial charge < -0.3 is 14.2 Å². The van der Waals surface area contributed by atoms with Crippen molar-refractivity contribution in [2.45, 2.75) is 31.7 Å². The van der Waals surface area contributed by atoms with Gasteiger partial charge in [0.25, 0.3) is 0 Å². The maximum absolute atomic E-state index is 5.89. The van der Waals surface area contributed by atoms with E-state index in [-0.39, 0.29) is 6.29 Å². The molecule has 0 aliphatic carbocycles. The van der Waals surface area contributed by atoms with Crippen LogP contribution in [0.1, 0.15) is 19.3 Å². The molecule has 2 rings (SSSR count). The monoisotopic (exact) mass is 304 g/mol. The van der Waals surface area contributed by atoms with Gasteiger partial charge in [-0.1, -0.05) is 12.2 Å². The van der Waals surface area contributed by atoms with Crippen molar-refractivity contribution in [1.29, 1.82) is 0 Å². The molecule has 0 spiro atoms. The van der Waals surface area contributed by atoms with Crippen molar-refractivity contribution in [2.24, 2.45) is 0 Å². The highest BCUT2D eigenvalue weighted by Gasteiger charge is 2.16. The van der Waals surface area contributed by atoms with E-state index in [1.807, 2.05) is 23.5 Å². The maximum Gasteiger partial charge on any atom is 0.157 e. The van der Waals surface area contributed by atoms with Gasteiger partial charge in [-0.2, -0.15) is 23.5 Å². The fourth-order valence-electron chi connectivity index (χ4n) is 2.09. The normalized spacial score (nSPS) is 26.9. The summed E-state index contributed by atoms with van der Waals surface area (Å²) in [5.74, 6) is 4.26. The van der Waals surface area contributed by atoms with E-state index in [0.717, 1.165) is 42.5 Å². The zero-order valence-corrected chi connectivity index (χ0v) is 13.1. The molecule has 0 bridgehead atoms. The summed E-state index contributed by atoms with van der Waals surface area (Å²) in [5, 5.41) is 0. The third-order valence-corrected chi connectivity index (χ3v) is 5.54. The lowest BCUT2D eigenvalue weighted by molar-refractivity contribution is -0.170. The molecule has 5 heteroatoms. The molecule has 19 heavy (non-hydrogen) atoms. The second-order valence-electron chi connectivity index (χ2n) is 4.94. The van der Waals surface area contributed by atoms with Crippen molar-refractivity contribution >= 4 is 23.5 Å². The number of hydrogen-bond acceptors (Lipinski definition) is 5. The number of hydrogen-bond donors (Lipinski definition) is 0. The number of rotatable bonds is 5. The van der Waals surface area contributed by atoms with Gasteiger partial charge >= 0.3 is 0 Å². The van der Waals surface area contributed by atoms with Gasteiger partial charge in [0.05, 0.1) is 19.3 Å². The van der Waals surface area contributed by atoms with E-state index in [4.69, 9.17) is 14.2 Å². The lowest BCUT2D eigenvalue weighted by Crippen LogP contribution is -2.27. The average molecular weight is 304 g/mol. The molecule has 1 unspecified atom stereocenters. The van der Waals surface area contributed by atoms with E-state index in [1.165, 1.54) is 12.0 Å². The standard InChI is InChI=1S/C14H24O3S2/c1-12-8-18-10-13(11-19-9-12)15-6-7-17-14-4-2-3-5-16-14/h13-14H,1-11H2. The summed E-state index contributed by atoms with van der Waals surface area (Å²) in [7, 11) is 0. The van der Waals surface area contributed by atoms with Gasteiger partial charge in [0.15, 0.2) is 6.29 Å². The van der Waals surface area contributed by atoms with Crippen molar-refractivity contribution < 1.29 is 14.2 Å². The minimum Gasteiger partial charge on any atom is -0.374 e. The lowest BCUT2D eigenvalue weighted by Gasteiger charge is -2.24. The molecule has 2 heterocycles. The van der Waals surface area contributed by atoms with Crippen LogP contribution >= 0.6 is 23.5 Å². The first kappa shape index (κ1) is 15.7. The quantitative estimate of drug-likeness (QED) is 0.575. The Labute approximate surface area is 124 Å². The Morgan fingerprint density at radius 2 is 1.84 bits per heavy atom. The van der Waals surface area contributed by atoms with Crippen LogP contribution in [0.5, 0.6) is 0 Å². The zero-order valence-electron chi connectivity index (χ0n) is 11.5. The Morgan fingerprint density at radius 3 is 2.53 bits per heavy atom. The SMILES string of the molecule is C=C1CSCC(OCCOC2CCCCO2)CSC1. The highest BCUT2D eigenvalue weighted by atomic mass is 32.2. The molecule has 0 amide bonds. The second kappa shape index (κ2) is 9.29. The topological polar surface area (TPSA) is 27.7 Å². The first-order valence-corrected chi connectivity index (χ1v) is 9.32. The number of thioether (sulfide) groups is 2. The van der Waals surface area contributed by atoms with Gasteiger partial charge in [0.2, 0.25) is 0 Å². The summed E-state index contributed by atoms with van der Waals surface area (Å²) < 4.78 is 17.1. The van der Waals surface area contributed by atoms with Crippen molar-refractivity contribution in [3.05, 3.63) is 12.2 Å². The third kappa shape index (κ3) is 6.54. The largest absolute Gasteiger partial charge is 0.374 e. The molecule has 0 N–H and O–H groups in total. The van der Waals surface area contributed by atoms with Crippen LogP contribution in [0.25, 0.3) is 0 Å². The van der Waals surface area contributed by atoms with E-state index < -0.39 is 0 Å². The molecule has 0 saturated carbocycles. The molecule has 0 aromatic carbocycles. The molecule has 0 aromatic heterocycles. The minimum atomic E-state index is 0.00163. The molecule has 2 aliphatic rings. The fraction of sp³-hybridized carbons (Fsp3) is 0.857. The molecule has 1 atom stereocenters. The van der Waals surface area contributed by atoms with Crippen LogP contribution in [0.4, 0.5) is 0 Å². The van der Waals surface area contributed by atoms with Gasteiger partial charge in [-0.15, -0.1) is 0 Å². The first-order chi connectivity index (χ1) is 9.34. The van der Waals surface area contributed by atoms with Gasteiger partial charge in [-0.25, -0.2) is 0 Å². The maximum atomic E-state index is 5.89. The Kier molecular flexibility index (Phi) is 7.68. The predicted octanol–water partition coefficient (Wildman–Crippen LogP) is 2.95. The van der Waals surface area contributed by atoms with Gasteiger partial charge in [0.1, 0.15) is 0 Å². The van der Waals surface area contributed by atoms with Crippen LogP contribution in [0.2, 0.25) is 0 Å². The highest BCUT2D eigenvalue weighted by molar-refractivity contribution is 8.01. The number of ether oxygens (including phenoxy) is 3. The molecule has 2 fully saturated rings. The van der Waals surface area contributed by atoms with E-state index in [9.17, 15) is 0 Å². The van der Waals surface area contributed by atoms with Gasteiger partial charge in [-0.3, -0.25) is 0 Å². The van der Waals surface area contributed by atoms with Crippen LogP contribution in [-0.4, -0.2) is 55.2 Å². The molecular formula is C14H24O3S2. The first-order valence-electron chi connectivity index (χ1n) is 7.01. The molecule has 0 radical (unpaired) electrons. The highest BCUT2D eigenvalue weighted by Crippen LogP contribution is 2.21. The smallest absolute Gasteiger partial charge is 0.157 e. The lowest BCUT2D eigenvalue weighted by atomic mass is 10.2. The van der Waals surface area contributed by atoms with E-state index in [2.05, 4.69) is 6.58 Å². The van der Waals surface area contributed by atoms with Gasteiger partial charge in [-0.05, 0) is 19.3 Å². The van der Waals surface area contributed by atoms with Crippen molar-refractivity contribution in [3.63, 3.8) is 0 Å². The van der Waals surface area contributed by atoms with E-state index >= 15 is 0 Å². The molecule has 2 aliphatic heterocycles. The minimum absolute atomic E-state index is 0.00163. The van der Waals surface area contributed by atoms with Crippen LogP contribution in [0.15, 0.2) is 12.2 Å². The summed E-state index contributed by atoms with van der Waals surface area (Å²) in [6.07, 6.45) is 3.75. The Bertz CT molecular complexity index is 255. The summed E-state index contributed by atoms with van der Waals surface area (Å²) in [6, 6.07) is 0. The van der Waals surface area contributed by atoms with Crippen molar-refractivity contribution in [3.8, 4) is 0 Å². The Hall–Kier alpha value is 0.320. The third-order valence-electron chi connectivity index (χ3n) is 3.10. The summed E-state index contributed by atoms with van der Waals surface area (Å²) >= 11 is 3.86. The average Bonchev–Trinajstić information content (AvgIpc) is 2.41. The molecule has 2 saturated heterocycles. The Balaban J connectivity index is 1.53. The van der Waals surface area contributed by atoms with Crippen molar-refractivity contribution in [1.82, 2.24) is 0 Å². The predicted molar refractivity (Wildman–Crippen MR) is 83.1 cm³/mol. The second-order valence-corrected chi connectivity index (χ2v) is 7.00. The summed E-state index contributed by atoms with van der Waals surface area (Å²) in [5.41, 5.74) is 1.34. The summed E-state index contributed by atoms with van der Waals surface area (Å²) in [4.78, 5) is 0. The van der Waals surface area contributed by atoms with Crippen LogP contribution in [0, 0.1) is 0 Å². The molecular weight excluding hydrogens is 280 g/mol. The van der Waals surface area contributed by atoms with Crippen LogP contribution in [-0.2, 0) is 14.2 Å². The summed E-state index contributed by atoms with van der Waals surface area (Å²) in [6.45, 7) is 6.21. The van der Waals surface area contributed by atoms with E-state index in [1.54, 1.807) is 0 Å². The van der Waals surface area contributed by atoms with E-state index in [0.29, 0.717) is 19.3 Å². The fourth-order valence-corrected chi connectivity index (χ4v) is 4.34.